The van der Waals surface area contributed by atoms with Crippen LogP contribution in [0, 0.1) is 5.92 Å². The highest BCUT2D eigenvalue weighted by atomic mass is 32.2. The van der Waals surface area contributed by atoms with E-state index in [1.807, 2.05) is 11.2 Å². The highest BCUT2D eigenvalue weighted by Gasteiger charge is 2.21. The lowest BCUT2D eigenvalue weighted by Gasteiger charge is -2.31. The number of amides is 1. The summed E-state index contributed by atoms with van der Waals surface area (Å²) in [4.78, 5) is 23.8. The molecule has 0 spiro atoms. The maximum atomic E-state index is 11.6. The molecule has 1 saturated heterocycles. The monoisotopic (exact) mass is 230 g/mol. The van der Waals surface area contributed by atoms with Crippen LogP contribution in [0.15, 0.2) is 0 Å². The van der Waals surface area contributed by atoms with Crippen molar-refractivity contribution in [3.05, 3.63) is 0 Å². The molecule has 1 amide bonds. The summed E-state index contributed by atoms with van der Waals surface area (Å²) in [5.41, 5.74) is 0. The van der Waals surface area contributed by atoms with Crippen LogP contribution >= 0.6 is 11.9 Å². The highest BCUT2D eigenvalue weighted by molar-refractivity contribution is 7.96. The molecule has 1 rings (SSSR count). The Balaban J connectivity index is 2.24. The lowest BCUT2D eigenvalue weighted by Crippen LogP contribution is -2.42. The lowest BCUT2D eigenvalue weighted by atomic mass is 9.94. The molecule has 86 valence electrons. The zero-order valence-corrected chi connectivity index (χ0v) is 9.89. The fourth-order valence-corrected chi connectivity index (χ4v) is 2.07. The quantitative estimate of drug-likeness (QED) is 0.557. The average molecular weight is 230 g/mol. The Morgan fingerprint density at radius 1 is 1.53 bits per heavy atom. The number of hydrogen-bond donors (Lipinski definition) is 1. The summed E-state index contributed by atoms with van der Waals surface area (Å²) in [5.74, 6) is 0.647. The molecule has 0 aromatic rings. The van der Waals surface area contributed by atoms with E-state index in [2.05, 4.69) is 4.72 Å². The van der Waals surface area contributed by atoms with Crippen LogP contribution in [0.5, 0.6) is 0 Å². The number of likely N-dealkylation sites (tertiary alicyclic amines) is 1. The zero-order valence-electron chi connectivity index (χ0n) is 9.07. The predicted octanol–water partition coefficient (Wildman–Crippen LogP) is 0.682. The van der Waals surface area contributed by atoms with Crippen LogP contribution in [0.4, 0.5) is 0 Å². The third-order valence-electron chi connectivity index (χ3n) is 2.76. The number of carbonyl (C=O) groups is 2. The number of nitrogens with zero attached hydrogens (tertiary/aromatic N) is 1. The van der Waals surface area contributed by atoms with Gasteiger partial charge in [0.15, 0.2) is 0 Å². The third kappa shape index (κ3) is 4.22. The van der Waals surface area contributed by atoms with Gasteiger partial charge in [0, 0.05) is 19.5 Å². The Bertz CT molecular complexity index is 215. The van der Waals surface area contributed by atoms with Crippen molar-refractivity contribution < 1.29 is 9.59 Å². The molecular formula is C10H18N2O2S. The van der Waals surface area contributed by atoms with E-state index in [0.717, 1.165) is 32.2 Å². The molecule has 0 atom stereocenters. The van der Waals surface area contributed by atoms with Gasteiger partial charge >= 0.3 is 0 Å². The molecule has 0 aromatic carbocycles. The van der Waals surface area contributed by atoms with Crippen molar-refractivity contribution in [3.63, 3.8) is 0 Å². The Morgan fingerprint density at radius 2 is 2.20 bits per heavy atom. The Hall–Kier alpha value is -0.550. The predicted molar refractivity (Wildman–Crippen MR) is 61.5 cm³/mol. The fourth-order valence-electron chi connectivity index (χ4n) is 1.80. The second-order valence-electron chi connectivity index (χ2n) is 3.75. The van der Waals surface area contributed by atoms with Gasteiger partial charge in [0.2, 0.25) is 5.91 Å². The molecule has 1 fully saturated rings. The largest absolute Gasteiger partial charge is 0.342 e. The minimum Gasteiger partial charge on any atom is -0.342 e. The molecule has 0 saturated carbocycles. The molecular weight excluding hydrogens is 212 g/mol. The van der Waals surface area contributed by atoms with Crippen LogP contribution < -0.4 is 4.72 Å². The Labute approximate surface area is 94.9 Å². The summed E-state index contributed by atoms with van der Waals surface area (Å²) in [5, 5.41) is 0. The minimum atomic E-state index is 0.161. The molecule has 0 aliphatic carbocycles. The summed E-state index contributed by atoms with van der Waals surface area (Å²) < 4.78 is 2.95. The van der Waals surface area contributed by atoms with Crippen molar-refractivity contribution in [1.82, 2.24) is 9.62 Å². The molecule has 4 nitrogen and oxygen atoms in total. The molecule has 1 heterocycles. The molecule has 0 bridgehead atoms. The molecule has 1 N–H and O–H groups in total. The minimum absolute atomic E-state index is 0.161. The molecule has 0 aromatic heterocycles. The first-order chi connectivity index (χ1) is 7.27. The second kappa shape index (κ2) is 6.85. The molecule has 0 radical (unpaired) electrons. The van der Waals surface area contributed by atoms with Crippen molar-refractivity contribution in [1.29, 1.82) is 0 Å². The van der Waals surface area contributed by atoms with E-state index < -0.39 is 0 Å². The molecule has 15 heavy (non-hydrogen) atoms. The van der Waals surface area contributed by atoms with Gasteiger partial charge in [-0.25, -0.2) is 0 Å². The van der Waals surface area contributed by atoms with Crippen molar-refractivity contribution in [2.24, 2.45) is 5.92 Å². The van der Waals surface area contributed by atoms with Gasteiger partial charge in [-0.2, -0.15) is 0 Å². The average Bonchev–Trinajstić information content (AvgIpc) is 2.27. The van der Waals surface area contributed by atoms with E-state index in [4.69, 9.17) is 0 Å². The summed E-state index contributed by atoms with van der Waals surface area (Å²) in [7, 11) is 0. The summed E-state index contributed by atoms with van der Waals surface area (Å²) in [6.07, 6.45) is 5.46. The van der Waals surface area contributed by atoms with E-state index in [0.29, 0.717) is 18.9 Å². The number of nitrogens with one attached hydrogen (secondary N) is 1. The highest BCUT2D eigenvalue weighted by Crippen LogP contribution is 2.19. The summed E-state index contributed by atoms with van der Waals surface area (Å²) in [6, 6.07) is 0. The van der Waals surface area contributed by atoms with Crippen molar-refractivity contribution in [3.8, 4) is 0 Å². The SMILES string of the molecule is CSNCC(=O)N1CCC(CC=O)CC1. The zero-order chi connectivity index (χ0) is 11.1. The summed E-state index contributed by atoms with van der Waals surface area (Å²) >= 11 is 1.46. The first-order valence-electron chi connectivity index (χ1n) is 5.25. The van der Waals surface area contributed by atoms with E-state index in [-0.39, 0.29) is 5.91 Å². The van der Waals surface area contributed by atoms with Crippen LogP contribution in [0.2, 0.25) is 0 Å². The molecule has 1 aliphatic rings. The van der Waals surface area contributed by atoms with Crippen LogP contribution in [0.25, 0.3) is 0 Å². The van der Waals surface area contributed by atoms with E-state index in [1.165, 1.54) is 11.9 Å². The fraction of sp³-hybridized carbons (Fsp3) is 0.800. The second-order valence-corrected chi connectivity index (χ2v) is 4.45. The van der Waals surface area contributed by atoms with E-state index in [1.54, 1.807) is 0 Å². The lowest BCUT2D eigenvalue weighted by molar-refractivity contribution is -0.131. The maximum absolute atomic E-state index is 11.6. The van der Waals surface area contributed by atoms with Crippen LogP contribution in [-0.2, 0) is 9.59 Å². The number of carbonyl (C=O) groups excluding carboxylic acids is 2. The number of hydrogen-bond acceptors (Lipinski definition) is 4. The van der Waals surface area contributed by atoms with E-state index in [9.17, 15) is 9.59 Å². The van der Waals surface area contributed by atoms with Gasteiger partial charge in [-0.3, -0.25) is 9.52 Å². The first-order valence-corrected chi connectivity index (χ1v) is 6.47. The third-order valence-corrected chi connectivity index (χ3v) is 3.20. The van der Waals surface area contributed by atoms with Crippen molar-refractivity contribution >= 4 is 24.1 Å². The standard InChI is InChI=1S/C10H18N2O2S/c1-15-11-8-10(14)12-5-2-9(3-6-12)4-7-13/h7,9,11H,2-6,8H2,1H3. The Kier molecular flexibility index (Phi) is 5.71. The van der Waals surface area contributed by atoms with Gasteiger partial charge in [0.05, 0.1) is 6.54 Å². The first kappa shape index (κ1) is 12.5. The van der Waals surface area contributed by atoms with Crippen LogP contribution in [-0.4, -0.2) is 43.0 Å². The molecule has 0 unspecified atom stereocenters. The van der Waals surface area contributed by atoms with Gasteiger partial charge < -0.3 is 9.69 Å². The number of piperidine rings is 1. The summed E-state index contributed by atoms with van der Waals surface area (Å²) in [6.45, 7) is 2.00. The van der Waals surface area contributed by atoms with Gasteiger partial charge in [-0.1, -0.05) is 11.9 Å². The topological polar surface area (TPSA) is 49.4 Å². The van der Waals surface area contributed by atoms with Crippen molar-refractivity contribution in [2.75, 3.05) is 25.9 Å². The van der Waals surface area contributed by atoms with Gasteiger partial charge in [-0.15, -0.1) is 0 Å². The van der Waals surface area contributed by atoms with Crippen molar-refractivity contribution in [2.45, 2.75) is 19.3 Å². The van der Waals surface area contributed by atoms with Gasteiger partial charge in [-0.05, 0) is 25.0 Å². The smallest absolute Gasteiger partial charge is 0.237 e. The number of rotatable bonds is 5. The van der Waals surface area contributed by atoms with Gasteiger partial charge in [0.1, 0.15) is 6.29 Å². The van der Waals surface area contributed by atoms with Gasteiger partial charge in [0.25, 0.3) is 0 Å². The molecule has 1 aliphatic heterocycles. The van der Waals surface area contributed by atoms with Crippen LogP contribution in [0.3, 0.4) is 0 Å². The number of aldehydes is 1. The van der Waals surface area contributed by atoms with Crippen LogP contribution in [0.1, 0.15) is 19.3 Å². The molecule has 5 heteroatoms. The van der Waals surface area contributed by atoms with E-state index >= 15 is 0 Å². The maximum Gasteiger partial charge on any atom is 0.237 e. The Morgan fingerprint density at radius 3 is 2.73 bits per heavy atom. The normalized spacial score (nSPS) is 17.8.